The molecule has 0 saturated carbocycles. The molecule has 0 aliphatic heterocycles. The Labute approximate surface area is 120 Å². The molecule has 0 spiro atoms. The van der Waals surface area contributed by atoms with Crippen molar-refractivity contribution in [1.82, 2.24) is 5.32 Å². The van der Waals surface area contributed by atoms with E-state index in [1.165, 1.54) is 29.2 Å². The predicted octanol–water partition coefficient (Wildman–Crippen LogP) is 0.989. The van der Waals surface area contributed by atoms with Gasteiger partial charge in [0.05, 0.1) is 0 Å². The van der Waals surface area contributed by atoms with Gasteiger partial charge in [0.15, 0.2) is 0 Å². The van der Waals surface area contributed by atoms with Crippen molar-refractivity contribution in [2.24, 2.45) is 0 Å². The summed E-state index contributed by atoms with van der Waals surface area (Å²) in [5, 5.41) is 10.4. The van der Waals surface area contributed by atoms with Gasteiger partial charge in [-0.15, -0.1) is 0 Å². The Balaban J connectivity index is 2.57. The van der Waals surface area contributed by atoms with E-state index in [9.17, 15) is 18.8 Å². The fourth-order valence-electron chi connectivity index (χ4n) is 1.52. The number of aliphatic carboxylic acids is 1. The molecule has 0 aliphatic carbocycles. The highest BCUT2D eigenvalue weighted by molar-refractivity contribution is 6.03. The summed E-state index contributed by atoms with van der Waals surface area (Å²) < 4.78 is 17.4. The number of nitrogens with one attached hydrogen (secondary N) is 1. The first-order chi connectivity index (χ1) is 9.93. The Kier molecular flexibility index (Phi) is 6.28. The van der Waals surface area contributed by atoms with Crippen molar-refractivity contribution in [3.63, 3.8) is 0 Å². The van der Waals surface area contributed by atoms with Crippen molar-refractivity contribution in [2.45, 2.75) is 6.92 Å². The molecule has 0 heterocycles. The number of imide groups is 1. The van der Waals surface area contributed by atoms with Gasteiger partial charge in [-0.1, -0.05) is 0 Å². The average molecular weight is 298 g/mol. The van der Waals surface area contributed by atoms with Gasteiger partial charge in [0.2, 0.25) is 0 Å². The van der Waals surface area contributed by atoms with Crippen LogP contribution in [0.4, 0.5) is 14.9 Å². The lowest BCUT2D eigenvalue weighted by Gasteiger charge is -2.20. The second-order valence-electron chi connectivity index (χ2n) is 3.96. The van der Waals surface area contributed by atoms with Gasteiger partial charge in [0.1, 0.15) is 19.0 Å². The number of carbonyl (C=O) groups is 3. The third-order valence-corrected chi connectivity index (χ3v) is 2.40. The molecule has 0 unspecified atom stereocenters. The van der Waals surface area contributed by atoms with E-state index in [-0.39, 0.29) is 6.54 Å². The van der Waals surface area contributed by atoms with E-state index in [4.69, 9.17) is 5.11 Å². The molecular formula is C13H15FN2O5. The van der Waals surface area contributed by atoms with Crippen molar-refractivity contribution in [1.29, 1.82) is 0 Å². The fraction of sp³-hybridized carbons (Fsp3) is 0.308. The summed E-state index contributed by atoms with van der Waals surface area (Å²) in [6.07, 6.45) is 0. The van der Waals surface area contributed by atoms with Crippen LogP contribution in [0.2, 0.25) is 0 Å². The topological polar surface area (TPSA) is 95.9 Å². The number of halogens is 1. The third-order valence-electron chi connectivity index (χ3n) is 2.40. The molecule has 7 nitrogen and oxygen atoms in total. The molecule has 114 valence electrons. The number of carbonyl (C=O) groups excluding carboxylic acids is 2. The lowest BCUT2D eigenvalue weighted by Crippen LogP contribution is -2.44. The monoisotopic (exact) mass is 298 g/mol. The van der Waals surface area contributed by atoms with Gasteiger partial charge in [-0.25, -0.2) is 14.0 Å². The van der Waals surface area contributed by atoms with Gasteiger partial charge in [0, 0.05) is 12.2 Å². The Bertz CT molecular complexity index is 518. The number of rotatable bonds is 6. The van der Waals surface area contributed by atoms with Crippen LogP contribution in [0.5, 0.6) is 0 Å². The van der Waals surface area contributed by atoms with Crippen molar-refractivity contribution in [3.05, 3.63) is 30.1 Å². The number of hydrogen-bond donors (Lipinski definition) is 2. The Hall–Kier alpha value is -2.48. The third kappa shape index (κ3) is 5.57. The largest absolute Gasteiger partial charge is 0.480 e. The second-order valence-corrected chi connectivity index (χ2v) is 3.96. The van der Waals surface area contributed by atoms with E-state index in [0.717, 1.165) is 0 Å². The molecule has 0 aliphatic rings. The number of urea groups is 1. The highest BCUT2D eigenvalue weighted by Gasteiger charge is 2.16. The van der Waals surface area contributed by atoms with Crippen molar-refractivity contribution in [2.75, 3.05) is 24.7 Å². The summed E-state index contributed by atoms with van der Waals surface area (Å²) in [6.45, 7) is 0.783. The molecule has 0 aromatic heterocycles. The second kappa shape index (κ2) is 7.95. The molecule has 0 fully saturated rings. The fourth-order valence-corrected chi connectivity index (χ4v) is 1.52. The molecule has 21 heavy (non-hydrogen) atoms. The number of hydrogen-bond acceptors (Lipinski definition) is 4. The number of amides is 3. The van der Waals surface area contributed by atoms with Gasteiger partial charge in [-0.3, -0.25) is 15.0 Å². The van der Waals surface area contributed by atoms with Crippen LogP contribution < -0.4 is 10.2 Å². The molecule has 3 amide bonds. The van der Waals surface area contributed by atoms with Gasteiger partial charge in [-0.2, -0.15) is 0 Å². The van der Waals surface area contributed by atoms with Gasteiger partial charge >= 0.3 is 12.0 Å². The summed E-state index contributed by atoms with van der Waals surface area (Å²) in [5.41, 5.74) is 0.427. The van der Waals surface area contributed by atoms with Crippen LogP contribution in [0.25, 0.3) is 0 Å². The molecular weight excluding hydrogens is 283 g/mol. The van der Waals surface area contributed by atoms with Crippen LogP contribution in [0, 0.1) is 5.82 Å². The Morgan fingerprint density at radius 3 is 2.38 bits per heavy atom. The predicted molar refractivity (Wildman–Crippen MR) is 71.4 cm³/mol. The molecule has 0 radical (unpaired) electrons. The van der Waals surface area contributed by atoms with Crippen molar-refractivity contribution >= 4 is 23.6 Å². The summed E-state index contributed by atoms with van der Waals surface area (Å²) >= 11 is 0. The quantitative estimate of drug-likeness (QED) is 0.816. The Morgan fingerprint density at radius 1 is 1.24 bits per heavy atom. The van der Waals surface area contributed by atoms with E-state index < -0.39 is 36.9 Å². The lowest BCUT2D eigenvalue weighted by atomic mass is 10.3. The zero-order chi connectivity index (χ0) is 15.8. The maximum absolute atomic E-state index is 12.8. The first kappa shape index (κ1) is 16.6. The smallest absolute Gasteiger partial charge is 0.329 e. The Morgan fingerprint density at radius 2 is 1.86 bits per heavy atom. The first-order valence-corrected chi connectivity index (χ1v) is 6.10. The highest BCUT2D eigenvalue weighted by Crippen LogP contribution is 2.14. The molecule has 1 aromatic carbocycles. The summed E-state index contributed by atoms with van der Waals surface area (Å²) in [7, 11) is 0. The first-order valence-electron chi connectivity index (χ1n) is 6.10. The minimum atomic E-state index is -1.21. The lowest BCUT2D eigenvalue weighted by molar-refractivity contribution is -0.143. The van der Waals surface area contributed by atoms with Gasteiger partial charge < -0.3 is 9.84 Å². The van der Waals surface area contributed by atoms with E-state index in [0.29, 0.717) is 5.69 Å². The normalized spacial score (nSPS) is 10.0. The zero-order valence-corrected chi connectivity index (χ0v) is 11.3. The number of carboxylic acid groups (broad SMARTS) is 1. The van der Waals surface area contributed by atoms with E-state index in [1.807, 2.05) is 0 Å². The van der Waals surface area contributed by atoms with E-state index >= 15 is 0 Å². The molecule has 8 heteroatoms. The highest BCUT2D eigenvalue weighted by atomic mass is 19.1. The van der Waals surface area contributed by atoms with Crippen LogP contribution >= 0.6 is 0 Å². The van der Waals surface area contributed by atoms with Crippen LogP contribution in [0.1, 0.15) is 6.92 Å². The van der Waals surface area contributed by atoms with Crippen molar-refractivity contribution < 1.29 is 28.6 Å². The maximum atomic E-state index is 12.8. The van der Waals surface area contributed by atoms with Crippen molar-refractivity contribution in [3.8, 4) is 0 Å². The molecule has 0 saturated heterocycles. The summed E-state index contributed by atoms with van der Waals surface area (Å²) in [6, 6.07) is 4.51. The van der Waals surface area contributed by atoms with E-state index in [2.05, 4.69) is 10.1 Å². The molecule has 0 atom stereocenters. The minimum Gasteiger partial charge on any atom is -0.480 e. The average Bonchev–Trinajstić information content (AvgIpc) is 2.41. The summed E-state index contributed by atoms with van der Waals surface area (Å²) in [5.74, 6) is -2.41. The maximum Gasteiger partial charge on any atom is 0.329 e. The molecule has 1 aromatic rings. The SMILES string of the molecule is CCN(C(=O)NC(=O)COCC(=O)O)c1ccc(F)cc1. The van der Waals surface area contributed by atoms with Crippen LogP contribution in [-0.4, -0.2) is 42.8 Å². The van der Waals surface area contributed by atoms with Gasteiger partial charge in [-0.05, 0) is 31.2 Å². The molecule has 2 N–H and O–H groups in total. The standard InChI is InChI=1S/C13H15FN2O5/c1-2-16(10-5-3-9(14)4-6-10)13(20)15-11(17)7-21-8-12(18)19/h3-6H,2,7-8H2,1H3,(H,18,19)(H,15,17,20). The summed E-state index contributed by atoms with van der Waals surface area (Å²) in [4.78, 5) is 34.7. The number of anilines is 1. The number of benzene rings is 1. The molecule has 0 bridgehead atoms. The minimum absolute atomic E-state index is 0.265. The van der Waals surface area contributed by atoms with Crippen LogP contribution in [-0.2, 0) is 14.3 Å². The number of nitrogens with zero attached hydrogens (tertiary/aromatic N) is 1. The number of ether oxygens (including phenoxy) is 1. The van der Waals surface area contributed by atoms with Crippen LogP contribution in [0.15, 0.2) is 24.3 Å². The van der Waals surface area contributed by atoms with Gasteiger partial charge in [0.25, 0.3) is 5.91 Å². The zero-order valence-electron chi connectivity index (χ0n) is 11.3. The molecule has 1 rings (SSSR count). The number of carboxylic acids is 1. The van der Waals surface area contributed by atoms with E-state index in [1.54, 1.807) is 6.92 Å². The van der Waals surface area contributed by atoms with Crippen LogP contribution in [0.3, 0.4) is 0 Å².